The van der Waals surface area contributed by atoms with Gasteiger partial charge in [-0.05, 0) is 12.1 Å². The van der Waals surface area contributed by atoms with Crippen molar-refractivity contribution in [2.45, 2.75) is 0 Å². The van der Waals surface area contributed by atoms with E-state index in [0.717, 1.165) is 11.0 Å². The van der Waals surface area contributed by atoms with Gasteiger partial charge in [-0.1, -0.05) is 12.1 Å². The number of nitrogen functional groups attached to an aromatic ring is 1. The Kier molecular flexibility index (Phi) is 2.17. The molecule has 0 saturated carbocycles. The molecule has 0 aliphatic carbocycles. The smallest absolute Gasteiger partial charge is 0.315 e. The Hall–Kier alpha value is -2.24. The van der Waals surface area contributed by atoms with Crippen LogP contribution >= 0.6 is 0 Å². The lowest BCUT2D eigenvalue weighted by atomic mass is 10.3. The van der Waals surface area contributed by atoms with Crippen molar-refractivity contribution in [3.05, 3.63) is 46.8 Å². The van der Waals surface area contributed by atoms with Crippen molar-refractivity contribution in [2.24, 2.45) is 0 Å². The van der Waals surface area contributed by atoms with Gasteiger partial charge < -0.3 is 5.73 Å². The van der Waals surface area contributed by atoms with E-state index in [4.69, 9.17) is 5.73 Å². The van der Waals surface area contributed by atoms with Gasteiger partial charge in [-0.3, -0.25) is 4.79 Å². The highest BCUT2D eigenvalue weighted by Crippen LogP contribution is 2.09. The molecule has 0 saturated heterocycles. The van der Waals surface area contributed by atoms with E-state index >= 15 is 0 Å². The molecule has 15 heavy (non-hydrogen) atoms. The lowest BCUT2D eigenvalue weighted by Gasteiger charge is -2.04. The van der Waals surface area contributed by atoms with Crippen LogP contribution in [-0.4, -0.2) is 14.8 Å². The minimum absolute atomic E-state index is 0.191. The zero-order chi connectivity index (χ0) is 10.8. The molecule has 1 aromatic heterocycles. The number of para-hydroxylation sites is 1. The monoisotopic (exact) mass is 206 g/mol. The number of hydrogen-bond acceptors (Lipinski definition) is 4. The molecule has 76 valence electrons. The van der Waals surface area contributed by atoms with E-state index in [0.29, 0.717) is 0 Å². The number of benzene rings is 1. The standard InChI is InChI=1S/C9H7FN4O/c10-6-3-1-2-4-7(6)14-5-12-9(15)8(11)13-14/h1-5H,(H2,11,13). The number of nitrogens with two attached hydrogens (primary N) is 1. The molecule has 0 unspecified atom stereocenters. The first-order valence-electron chi connectivity index (χ1n) is 4.15. The molecule has 1 heterocycles. The highest BCUT2D eigenvalue weighted by atomic mass is 19.1. The number of nitrogens with zero attached hydrogens (tertiary/aromatic N) is 3. The van der Waals surface area contributed by atoms with Crippen molar-refractivity contribution in [1.29, 1.82) is 0 Å². The van der Waals surface area contributed by atoms with Crippen molar-refractivity contribution in [1.82, 2.24) is 14.8 Å². The van der Waals surface area contributed by atoms with Gasteiger partial charge in [0.25, 0.3) is 0 Å². The van der Waals surface area contributed by atoms with E-state index in [1.54, 1.807) is 12.1 Å². The molecule has 0 amide bonds. The maximum atomic E-state index is 13.3. The number of aromatic nitrogens is 3. The maximum Gasteiger partial charge on any atom is 0.315 e. The molecular weight excluding hydrogens is 199 g/mol. The second-order valence-electron chi connectivity index (χ2n) is 2.83. The van der Waals surface area contributed by atoms with Gasteiger partial charge in [0.05, 0.1) is 0 Å². The molecule has 1 aromatic carbocycles. The summed E-state index contributed by atoms with van der Waals surface area (Å²) in [7, 11) is 0. The summed E-state index contributed by atoms with van der Waals surface area (Å²) < 4.78 is 14.4. The Labute approximate surface area is 84.0 Å². The molecular formula is C9H7FN4O. The van der Waals surface area contributed by atoms with Crippen LogP contribution in [-0.2, 0) is 0 Å². The quantitative estimate of drug-likeness (QED) is 0.730. The van der Waals surface area contributed by atoms with Crippen LogP contribution in [0.25, 0.3) is 5.69 Å². The highest BCUT2D eigenvalue weighted by molar-refractivity contribution is 5.33. The van der Waals surface area contributed by atoms with Gasteiger partial charge in [-0.15, -0.1) is 5.10 Å². The molecule has 6 heteroatoms. The van der Waals surface area contributed by atoms with Gasteiger partial charge in [-0.25, -0.2) is 9.07 Å². The summed E-state index contributed by atoms with van der Waals surface area (Å²) >= 11 is 0. The van der Waals surface area contributed by atoms with Crippen LogP contribution < -0.4 is 11.3 Å². The largest absolute Gasteiger partial charge is 0.378 e. The Bertz CT molecular complexity index is 552. The third-order valence-corrected chi connectivity index (χ3v) is 1.82. The topological polar surface area (TPSA) is 73.8 Å². The third kappa shape index (κ3) is 1.69. The zero-order valence-corrected chi connectivity index (χ0v) is 7.59. The van der Waals surface area contributed by atoms with Crippen molar-refractivity contribution >= 4 is 5.82 Å². The molecule has 5 nitrogen and oxygen atoms in total. The normalized spacial score (nSPS) is 10.2. The minimum Gasteiger partial charge on any atom is -0.378 e. The molecule has 0 radical (unpaired) electrons. The van der Waals surface area contributed by atoms with Crippen LogP contribution in [0.15, 0.2) is 35.4 Å². The van der Waals surface area contributed by atoms with Gasteiger partial charge in [-0.2, -0.15) is 4.98 Å². The van der Waals surface area contributed by atoms with Crippen LogP contribution in [0.3, 0.4) is 0 Å². The van der Waals surface area contributed by atoms with Crippen LogP contribution in [0, 0.1) is 5.82 Å². The highest BCUT2D eigenvalue weighted by Gasteiger charge is 2.04. The summed E-state index contributed by atoms with van der Waals surface area (Å²) in [6.45, 7) is 0. The fourth-order valence-corrected chi connectivity index (χ4v) is 1.11. The van der Waals surface area contributed by atoms with Crippen LogP contribution in [0.5, 0.6) is 0 Å². The maximum absolute atomic E-state index is 13.3. The second kappa shape index (κ2) is 3.49. The fraction of sp³-hybridized carbons (Fsp3) is 0. The first-order chi connectivity index (χ1) is 7.18. The number of halogens is 1. The van der Waals surface area contributed by atoms with Crippen molar-refractivity contribution < 1.29 is 4.39 Å². The molecule has 0 aliphatic heterocycles. The van der Waals surface area contributed by atoms with Gasteiger partial charge >= 0.3 is 5.56 Å². The molecule has 0 bridgehead atoms. The van der Waals surface area contributed by atoms with Crippen molar-refractivity contribution in [3.8, 4) is 5.69 Å². The lowest BCUT2D eigenvalue weighted by molar-refractivity contribution is 0.606. The Balaban J connectivity index is 2.60. The van der Waals surface area contributed by atoms with E-state index in [1.807, 2.05) is 0 Å². The van der Waals surface area contributed by atoms with Crippen LogP contribution in [0.1, 0.15) is 0 Å². The van der Waals surface area contributed by atoms with E-state index in [1.165, 1.54) is 12.1 Å². The summed E-state index contributed by atoms with van der Waals surface area (Å²) in [6, 6.07) is 5.99. The van der Waals surface area contributed by atoms with Gasteiger partial charge in [0, 0.05) is 0 Å². The van der Waals surface area contributed by atoms with Crippen LogP contribution in [0.2, 0.25) is 0 Å². The summed E-state index contributed by atoms with van der Waals surface area (Å²) in [6.07, 6.45) is 1.12. The number of hydrogen-bond donors (Lipinski definition) is 1. The molecule has 0 fully saturated rings. The van der Waals surface area contributed by atoms with E-state index in [9.17, 15) is 9.18 Å². The van der Waals surface area contributed by atoms with Gasteiger partial charge in [0.1, 0.15) is 17.8 Å². The Morgan fingerprint density at radius 1 is 1.33 bits per heavy atom. The third-order valence-electron chi connectivity index (χ3n) is 1.82. The van der Waals surface area contributed by atoms with Crippen LogP contribution in [0.4, 0.5) is 10.2 Å². The average molecular weight is 206 g/mol. The lowest BCUT2D eigenvalue weighted by Crippen LogP contribution is -2.18. The summed E-state index contributed by atoms with van der Waals surface area (Å²) in [4.78, 5) is 14.3. The zero-order valence-electron chi connectivity index (χ0n) is 7.59. The minimum atomic E-state index is -0.623. The van der Waals surface area contributed by atoms with Crippen molar-refractivity contribution in [2.75, 3.05) is 5.73 Å². The van der Waals surface area contributed by atoms with Crippen molar-refractivity contribution in [3.63, 3.8) is 0 Å². The molecule has 2 N–H and O–H groups in total. The van der Waals surface area contributed by atoms with Gasteiger partial charge in [0.2, 0.25) is 5.82 Å². The average Bonchev–Trinajstić information content (AvgIpc) is 2.23. The SMILES string of the molecule is Nc1nn(-c2ccccc2F)cnc1=O. The molecule has 2 aromatic rings. The predicted octanol–water partition coefficient (Wildman–Crippen LogP) is 0.349. The molecule has 0 aliphatic rings. The second-order valence-corrected chi connectivity index (χ2v) is 2.83. The molecule has 0 spiro atoms. The Morgan fingerprint density at radius 2 is 2.07 bits per heavy atom. The fourth-order valence-electron chi connectivity index (χ4n) is 1.11. The van der Waals surface area contributed by atoms with E-state index in [-0.39, 0.29) is 11.5 Å². The Morgan fingerprint density at radius 3 is 2.73 bits per heavy atom. The first kappa shape index (κ1) is 9.32. The summed E-state index contributed by atoms with van der Waals surface area (Å²) in [5, 5.41) is 3.68. The molecule has 2 rings (SSSR count). The predicted molar refractivity (Wildman–Crippen MR) is 52.0 cm³/mol. The summed E-state index contributed by atoms with van der Waals surface area (Å²) in [5.41, 5.74) is 4.85. The summed E-state index contributed by atoms with van der Waals surface area (Å²) in [5.74, 6) is -0.726. The van der Waals surface area contributed by atoms with E-state index in [2.05, 4.69) is 10.1 Å². The molecule has 0 atom stereocenters. The number of rotatable bonds is 1. The first-order valence-corrected chi connectivity index (χ1v) is 4.15. The van der Waals surface area contributed by atoms with E-state index < -0.39 is 11.4 Å². The van der Waals surface area contributed by atoms with Gasteiger partial charge in [0.15, 0.2) is 0 Å². The number of anilines is 1.